The minimum atomic E-state index is -0.570. The van der Waals surface area contributed by atoms with E-state index in [4.69, 9.17) is 9.47 Å². The van der Waals surface area contributed by atoms with Crippen LogP contribution in [-0.2, 0) is 14.3 Å². The molecule has 2 rings (SSSR count). The number of hydrogen-bond acceptors (Lipinski definition) is 8. The Hall–Kier alpha value is -2.26. The van der Waals surface area contributed by atoms with Gasteiger partial charge in [-0.1, -0.05) is 0 Å². The Morgan fingerprint density at radius 1 is 1.52 bits per heavy atom. The number of methoxy groups -OCH3 is 1. The van der Waals surface area contributed by atoms with Crippen LogP contribution in [0.25, 0.3) is 0 Å². The van der Waals surface area contributed by atoms with Crippen molar-refractivity contribution in [1.29, 1.82) is 0 Å². The number of nitrogens with zero attached hydrogens (tertiary/aromatic N) is 3. The second-order valence-electron chi connectivity index (χ2n) is 6.27. The summed E-state index contributed by atoms with van der Waals surface area (Å²) in [7, 11) is 1.33. The fraction of sp³-hybridized carbons (Fsp3) is 0.625. The monoisotopic (exact) mass is 352 g/mol. The van der Waals surface area contributed by atoms with Crippen molar-refractivity contribution in [2.24, 2.45) is 0 Å². The minimum absolute atomic E-state index is 0.00845. The van der Waals surface area contributed by atoms with Gasteiger partial charge in [0, 0.05) is 19.6 Å². The molecule has 1 aromatic rings. The van der Waals surface area contributed by atoms with Gasteiger partial charge in [0.05, 0.1) is 19.3 Å². The summed E-state index contributed by atoms with van der Waals surface area (Å²) < 4.78 is 10.6. The Morgan fingerprint density at radius 2 is 2.16 bits per heavy atom. The van der Waals surface area contributed by atoms with Gasteiger partial charge in [-0.15, -0.1) is 0 Å². The van der Waals surface area contributed by atoms with Crippen molar-refractivity contribution in [3.8, 4) is 0 Å². The lowest BCUT2D eigenvalue weighted by Gasteiger charge is -2.39. The highest BCUT2D eigenvalue weighted by Gasteiger charge is 2.33. The molecular formula is C16H24N4O5. The fourth-order valence-electron chi connectivity index (χ4n) is 3.01. The summed E-state index contributed by atoms with van der Waals surface area (Å²) in [6.07, 6.45) is 1.42. The first-order valence-electron chi connectivity index (χ1n) is 8.14. The summed E-state index contributed by atoms with van der Waals surface area (Å²) >= 11 is 0. The topological polar surface area (TPSA) is 107 Å². The quantitative estimate of drug-likeness (QED) is 0.465. The van der Waals surface area contributed by atoms with E-state index in [0.29, 0.717) is 13.1 Å². The first-order valence-corrected chi connectivity index (χ1v) is 8.14. The number of aromatic nitrogens is 1. The zero-order valence-electron chi connectivity index (χ0n) is 14.9. The molecular weight excluding hydrogens is 328 g/mol. The van der Waals surface area contributed by atoms with Crippen LogP contribution in [0.1, 0.15) is 19.4 Å². The number of morpholine rings is 1. The number of carbonyl (C=O) groups excluding carboxylic acids is 1. The molecule has 25 heavy (non-hydrogen) atoms. The molecule has 0 saturated carbocycles. The number of esters is 1. The summed E-state index contributed by atoms with van der Waals surface area (Å²) in [6.45, 7) is 7.03. The van der Waals surface area contributed by atoms with Crippen molar-refractivity contribution < 1.29 is 19.2 Å². The standard InChI is InChI=1S/C16H24N4O5/c1-10-5-13(15(18-6-10)20(22)23)17-7-14(16(21)24-4)19-8-11(2)25-12(3)9-19/h5-6,11-12,14,17H,7-9H2,1-4H3/t11-,12+,14?. The summed E-state index contributed by atoms with van der Waals surface area (Å²) in [5.74, 6) is -0.657. The van der Waals surface area contributed by atoms with Crippen molar-refractivity contribution >= 4 is 17.5 Å². The highest BCUT2D eigenvalue weighted by atomic mass is 16.6. The van der Waals surface area contributed by atoms with E-state index in [-0.39, 0.29) is 30.3 Å². The average molecular weight is 352 g/mol. The van der Waals surface area contributed by atoms with Crippen molar-refractivity contribution in [1.82, 2.24) is 9.88 Å². The van der Waals surface area contributed by atoms with Crippen molar-refractivity contribution in [3.63, 3.8) is 0 Å². The van der Waals surface area contributed by atoms with Crippen LogP contribution in [0.5, 0.6) is 0 Å². The number of aryl methyl sites for hydroxylation is 1. The van der Waals surface area contributed by atoms with E-state index in [2.05, 4.69) is 10.3 Å². The maximum Gasteiger partial charge on any atom is 0.386 e. The molecule has 0 aliphatic carbocycles. The van der Waals surface area contributed by atoms with Gasteiger partial charge in [0.2, 0.25) is 0 Å². The highest BCUT2D eigenvalue weighted by Crippen LogP contribution is 2.23. The zero-order chi connectivity index (χ0) is 18.6. The van der Waals surface area contributed by atoms with Gasteiger partial charge in [0.25, 0.3) is 0 Å². The molecule has 0 spiro atoms. The Bertz CT molecular complexity index is 629. The van der Waals surface area contributed by atoms with Gasteiger partial charge in [0.15, 0.2) is 0 Å². The number of anilines is 1. The van der Waals surface area contributed by atoms with E-state index >= 15 is 0 Å². The third-order valence-corrected chi connectivity index (χ3v) is 4.02. The highest BCUT2D eigenvalue weighted by molar-refractivity contribution is 5.76. The van der Waals surface area contributed by atoms with Crippen LogP contribution in [0, 0.1) is 17.0 Å². The maximum atomic E-state index is 12.2. The van der Waals surface area contributed by atoms with Gasteiger partial charge >= 0.3 is 11.8 Å². The summed E-state index contributed by atoms with van der Waals surface area (Å²) in [5.41, 5.74) is 1.07. The lowest BCUT2D eigenvalue weighted by atomic mass is 10.1. The normalized spacial score (nSPS) is 22.2. The molecule has 9 heteroatoms. The molecule has 0 radical (unpaired) electrons. The van der Waals surface area contributed by atoms with Crippen LogP contribution in [0.2, 0.25) is 0 Å². The third kappa shape index (κ3) is 4.86. The Labute approximate surface area is 146 Å². The molecule has 1 unspecified atom stereocenters. The van der Waals surface area contributed by atoms with Gasteiger partial charge in [-0.25, -0.2) is 0 Å². The number of pyridine rings is 1. The van der Waals surface area contributed by atoms with Gasteiger partial charge in [-0.3, -0.25) is 9.69 Å². The largest absolute Gasteiger partial charge is 0.468 e. The minimum Gasteiger partial charge on any atom is -0.468 e. The molecule has 1 aliphatic rings. The van der Waals surface area contributed by atoms with Crippen molar-refractivity contribution in [3.05, 3.63) is 27.9 Å². The zero-order valence-corrected chi connectivity index (χ0v) is 14.9. The number of rotatable bonds is 6. The number of hydrogen-bond donors (Lipinski definition) is 1. The molecule has 138 valence electrons. The Morgan fingerprint density at radius 3 is 2.72 bits per heavy atom. The van der Waals surface area contributed by atoms with Crippen LogP contribution in [0.4, 0.5) is 11.5 Å². The van der Waals surface area contributed by atoms with Crippen LogP contribution in [0.15, 0.2) is 12.3 Å². The smallest absolute Gasteiger partial charge is 0.386 e. The lowest BCUT2D eigenvalue weighted by Crippen LogP contribution is -2.55. The van der Waals surface area contributed by atoms with Crippen LogP contribution in [-0.4, -0.2) is 65.8 Å². The first-order chi connectivity index (χ1) is 11.8. The summed E-state index contributed by atoms with van der Waals surface area (Å²) in [6, 6.07) is 1.07. The van der Waals surface area contributed by atoms with Gasteiger partial charge < -0.3 is 24.9 Å². The molecule has 0 bridgehead atoms. The predicted octanol–water partition coefficient (Wildman–Crippen LogP) is 1.36. The molecule has 3 atom stereocenters. The Balaban J connectivity index is 2.17. The molecule has 1 fully saturated rings. The number of ether oxygens (including phenoxy) is 2. The first kappa shape index (κ1) is 19.1. The van der Waals surface area contributed by atoms with E-state index in [1.54, 1.807) is 13.0 Å². The molecule has 1 N–H and O–H groups in total. The third-order valence-electron chi connectivity index (χ3n) is 4.02. The molecule has 1 saturated heterocycles. The molecule has 1 aliphatic heterocycles. The molecule has 0 aromatic carbocycles. The molecule has 2 heterocycles. The second kappa shape index (κ2) is 8.21. The second-order valence-corrected chi connectivity index (χ2v) is 6.27. The van der Waals surface area contributed by atoms with Crippen LogP contribution >= 0.6 is 0 Å². The van der Waals surface area contributed by atoms with Gasteiger partial charge in [-0.05, 0) is 42.3 Å². The molecule has 1 aromatic heterocycles. The van der Waals surface area contributed by atoms with E-state index in [0.717, 1.165) is 5.56 Å². The lowest BCUT2D eigenvalue weighted by molar-refractivity contribution is -0.388. The van der Waals surface area contributed by atoms with E-state index in [9.17, 15) is 14.9 Å². The average Bonchev–Trinajstić information content (AvgIpc) is 2.53. The van der Waals surface area contributed by atoms with Crippen molar-refractivity contribution in [2.45, 2.75) is 39.0 Å². The molecule has 9 nitrogen and oxygen atoms in total. The number of carbonyl (C=O) groups is 1. The Kier molecular flexibility index (Phi) is 6.27. The van der Waals surface area contributed by atoms with Crippen LogP contribution < -0.4 is 5.32 Å². The van der Waals surface area contributed by atoms with Crippen molar-refractivity contribution in [2.75, 3.05) is 32.1 Å². The number of nitro groups is 1. The SMILES string of the molecule is COC(=O)C(CNc1cc(C)cnc1[N+](=O)[O-])N1C[C@@H](C)O[C@@H](C)C1. The van der Waals surface area contributed by atoms with Gasteiger partial charge in [-0.2, -0.15) is 0 Å². The van der Waals surface area contributed by atoms with E-state index in [1.165, 1.54) is 13.3 Å². The van der Waals surface area contributed by atoms with Crippen LogP contribution in [0.3, 0.4) is 0 Å². The fourth-order valence-corrected chi connectivity index (χ4v) is 3.01. The summed E-state index contributed by atoms with van der Waals surface area (Å²) in [5, 5.41) is 14.1. The summed E-state index contributed by atoms with van der Waals surface area (Å²) in [4.78, 5) is 28.7. The van der Waals surface area contributed by atoms with E-state index in [1.807, 2.05) is 18.7 Å². The number of nitrogens with one attached hydrogen (secondary N) is 1. The maximum absolute atomic E-state index is 12.2. The molecule has 0 amide bonds. The predicted molar refractivity (Wildman–Crippen MR) is 91.5 cm³/mol. The van der Waals surface area contributed by atoms with E-state index < -0.39 is 16.9 Å². The van der Waals surface area contributed by atoms with Gasteiger partial charge in [0.1, 0.15) is 17.9 Å².